The number of nitrogens with one attached hydrogen (secondary N) is 1. The standard InChI is InChI=1S/C19H17NO5S/c1-23-16-5-2-14-11-17(6-3-13(14)10-16)26(21,22)20-15-4-7-18-19(12-15)25-9-8-24-18/h2-7,10-12,20H,8-9H2,1H3. The Kier molecular flexibility index (Phi) is 4.08. The van der Waals surface area contributed by atoms with Gasteiger partial charge in [0.1, 0.15) is 19.0 Å². The molecule has 6 nitrogen and oxygen atoms in total. The minimum absolute atomic E-state index is 0.185. The summed E-state index contributed by atoms with van der Waals surface area (Å²) in [7, 11) is -2.13. The van der Waals surface area contributed by atoms with Crippen molar-refractivity contribution in [3.63, 3.8) is 0 Å². The van der Waals surface area contributed by atoms with Crippen molar-refractivity contribution in [3.05, 3.63) is 54.6 Å². The molecule has 26 heavy (non-hydrogen) atoms. The molecule has 0 radical (unpaired) electrons. The molecule has 1 N–H and O–H groups in total. The summed E-state index contributed by atoms with van der Waals surface area (Å²) in [4.78, 5) is 0.185. The maximum Gasteiger partial charge on any atom is 0.261 e. The highest BCUT2D eigenvalue weighted by atomic mass is 32.2. The maximum atomic E-state index is 12.7. The molecule has 0 atom stereocenters. The predicted octanol–water partition coefficient (Wildman–Crippen LogP) is 3.42. The molecular formula is C19H17NO5S. The number of rotatable bonds is 4. The van der Waals surface area contributed by atoms with Crippen LogP contribution < -0.4 is 18.9 Å². The largest absolute Gasteiger partial charge is 0.497 e. The smallest absolute Gasteiger partial charge is 0.261 e. The predicted molar refractivity (Wildman–Crippen MR) is 98.7 cm³/mol. The van der Waals surface area contributed by atoms with Crippen molar-refractivity contribution in [2.24, 2.45) is 0 Å². The molecule has 3 aromatic rings. The van der Waals surface area contributed by atoms with Crippen molar-refractivity contribution in [2.75, 3.05) is 25.0 Å². The zero-order chi connectivity index (χ0) is 18.1. The van der Waals surface area contributed by atoms with Crippen molar-refractivity contribution >= 4 is 26.5 Å². The first-order valence-corrected chi connectivity index (χ1v) is 9.54. The van der Waals surface area contributed by atoms with Crippen LogP contribution in [-0.4, -0.2) is 28.7 Å². The third-order valence-electron chi connectivity index (χ3n) is 4.12. The molecule has 0 amide bonds. The van der Waals surface area contributed by atoms with Crippen LogP contribution in [0.15, 0.2) is 59.5 Å². The molecule has 134 valence electrons. The lowest BCUT2D eigenvalue weighted by Crippen LogP contribution is -2.16. The van der Waals surface area contributed by atoms with E-state index in [1.807, 2.05) is 12.1 Å². The fraction of sp³-hybridized carbons (Fsp3) is 0.158. The lowest BCUT2D eigenvalue weighted by Gasteiger charge is -2.19. The van der Waals surface area contributed by atoms with Gasteiger partial charge in [0.15, 0.2) is 11.5 Å². The molecule has 0 saturated carbocycles. The van der Waals surface area contributed by atoms with Crippen LogP contribution in [0.5, 0.6) is 17.2 Å². The van der Waals surface area contributed by atoms with Crippen molar-refractivity contribution < 1.29 is 22.6 Å². The van der Waals surface area contributed by atoms with Gasteiger partial charge in [-0.1, -0.05) is 12.1 Å². The fourth-order valence-corrected chi connectivity index (χ4v) is 3.90. The molecule has 4 rings (SSSR count). The number of benzene rings is 3. The SMILES string of the molecule is COc1ccc2cc(S(=O)(=O)Nc3ccc4c(c3)OCCO4)ccc2c1. The monoisotopic (exact) mass is 371 g/mol. The van der Waals surface area contributed by atoms with Gasteiger partial charge in [-0.25, -0.2) is 8.42 Å². The minimum atomic E-state index is -3.72. The van der Waals surface area contributed by atoms with Gasteiger partial charge < -0.3 is 14.2 Å². The number of anilines is 1. The quantitative estimate of drug-likeness (QED) is 0.761. The summed E-state index contributed by atoms with van der Waals surface area (Å²) >= 11 is 0. The molecule has 0 saturated heterocycles. The van der Waals surface area contributed by atoms with Crippen LogP contribution in [0.1, 0.15) is 0 Å². The van der Waals surface area contributed by atoms with E-state index < -0.39 is 10.0 Å². The first-order valence-electron chi connectivity index (χ1n) is 8.05. The molecule has 3 aromatic carbocycles. The van der Waals surface area contributed by atoms with Crippen LogP contribution >= 0.6 is 0 Å². The summed E-state index contributed by atoms with van der Waals surface area (Å²) < 4.78 is 44.2. The van der Waals surface area contributed by atoms with Crippen LogP contribution in [0.2, 0.25) is 0 Å². The number of hydrogen-bond donors (Lipinski definition) is 1. The Morgan fingerprint density at radius 1 is 0.885 bits per heavy atom. The molecule has 1 heterocycles. The summed E-state index contributed by atoms with van der Waals surface area (Å²) in [6, 6.07) is 15.4. The van der Waals surface area contributed by atoms with E-state index in [9.17, 15) is 8.42 Å². The van der Waals surface area contributed by atoms with E-state index in [2.05, 4.69) is 4.72 Å². The van der Waals surface area contributed by atoms with Crippen molar-refractivity contribution in [1.82, 2.24) is 0 Å². The normalized spacial score (nSPS) is 13.4. The third-order valence-corrected chi connectivity index (χ3v) is 5.50. The Morgan fingerprint density at radius 2 is 1.62 bits per heavy atom. The average Bonchev–Trinajstić information content (AvgIpc) is 2.66. The van der Waals surface area contributed by atoms with Crippen LogP contribution in [-0.2, 0) is 10.0 Å². The van der Waals surface area contributed by atoms with Gasteiger partial charge >= 0.3 is 0 Å². The van der Waals surface area contributed by atoms with Crippen LogP contribution in [0.4, 0.5) is 5.69 Å². The number of sulfonamides is 1. The molecular weight excluding hydrogens is 354 g/mol. The number of hydrogen-bond acceptors (Lipinski definition) is 5. The lowest BCUT2D eigenvalue weighted by atomic mass is 10.1. The highest BCUT2D eigenvalue weighted by Crippen LogP contribution is 2.33. The molecule has 1 aliphatic rings. The summed E-state index contributed by atoms with van der Waals surface area (Å²) in [5.41, 5.74) is 0.420. The first-order chi connectivity index (χ1) is 12.5. The van der Waals surface area contributed by atoms with E-state index in [1.54, 1.807) is 49.6 Å². The Morgan fingerprint density at radius 3 is 2.42 bits per heavy atom. The van der Waals surface area contributed by atoms with E-state index in [0.717, 1.165) is 16.5 Å². The second kappa shape index (κ2) is 6.42. The zero-order valence-corrected chi connectivity index (χ0v) is 14.9. The average molecular weight is 371 g/mol. The molecule has 0 unspecified atom stereocenters. The van der Waals surface area contributed by atoms with E-state index in [-0.39, 0.29) is 4.90 Å². The van der Waals surface area contributed by atoms with Crippen LogP contribution in [0.25, 0.3) is 10.8 Å². The fourth-order valence-electron chi connectivity index (χ4n) is 2.82. The summed E-state index contributed by atoms with van der Waals surface area (Å²) in [5, 5.41) is 1.72. The van der Waals surface area contributed by atoms with Crippen molar-refractivity contribution in [2.45, 2.75) is 4.90 Å². The highest BCUT2D eigenvalue weighted by Gasteiger charge is 2.17. The lowest BCUT2D eigenvalue weighted by molar-refractivity contribution is 0.171. The van der Waals surface area contributed by atoms with Crippen molar-refractivity contribution in [3.8, 4) is 17.2 Å². The molecule has 1 aliphatic heterocycles. The molecule has 0 aliphatic carbocycles. The second-order valence-corrected chi connectivity index (χ2v) is 7.52. The Hall–Kier alpha value is -2.93. The van der Waals surface area contributed by atoms with Gasteiger partial charge in [-0.05, 0) is 47.2 Å². The van der Waals surface area contributed by atoms with E-state index in [1.165, 1.54) is 0 Å². The van der Waals surface area contributed by atoms with Gasteiger partial charge in [-0.3, -0.25) is 4.72 Å². The Labute approximate surface area is 151 Å². The topological polar surface area (TPSA) is 73.9 Å². The van der Waals surface area contributed by atoms with E-state index in [0.29, 0.717) is 30.4 Å². The maximum absolute atomic E-state index is 12.7. The molecule has 0 fully saturated rings. The van der Waals surface area contributed by atoms with Gasteiger partial charge in [-0.15, -0.1) is 0 Å². The van der Waals surface area contributed by atoms with Crippen molar-refractivity contribution in [1.29, 1.82) is 0 Å². The molecule has 0 bridgehead atoms. The second-order valence-electron chi connectivity index (χ2n) is 5.84. The van der Waals surface area contributed by atoms with Crippen LogP contribution in [0.3, 0.4) is 0 Å². The zero-order valence-electron chi connectivity index (χ0n) is 14.1. The highest BCUT2D eigenvalue weighted by molar-refractivity contribution is 7.92. The van der Waals surface area contributed by atoms with Gasteiger partial charge in [0, 0.05) is 6.07 Å². The van der Waals surface area contributed by atoms with E-state index in [4.69, 9.17) is 14.2 Å². The first kappa shape index (κ1) is 16.5. The minimum Gasteiger partial charge on any atom is -0.497 e. The summed E-state index contributed by atoms with van der Waals surface area (Å²) in [5.74, 6) is 1.86. The number of ether oxygens (including phenoxy) is 3. The van der Waals surface area contributed by atoms with E-state index >= 15 is 0 Å². The summed E-state index contributed by atoms with van der Waals surface area (Å²) in [6.45, 7) is 0.928. The Balaban J connectivity index is 1.65. The number of methoxy groups -OCH3 is 1. The molecule has 0 aromatic heterocycles. The molecule has 0 spiro atoms. The van der Waals surface area contributed by atoms with Gasteiger partial charge in [0.05, 0.1) is 17.7 Å². The van der Waals surface area contributed by atoms with Crippen LogP contribution in [0, 0.1) is 0 Å². The van der Waals surface area contributed by atoms with Gasteiger partial charge in [0.25, 0.3) is 10.0 Å². The third kappa shape index (κ3) is 3.13. The molecule has 7 heteroatoms. The van der Waals surface area contributed by atoms with Gasteiger partial charge in [-0.2, -0.15) is 0 Å². The Bertz CT molecular complexity index is 1080. The number of fused-ring (bicyclic) bond motifs is 2. The summed E-state index contributed by atoms with van der Waals surface area (Å²) in [6.07, 6.45) is 0. The van der Waals surface area contributed by atoms with Gasteiger partial charge in [0.2, 0.25) is 0 Å².